The summed E-state index contributed by atoms with van der Waals surface area (Å²) in [5.41, 5.74) is 2.17. The van der Waals surface area contributed by atoms with Crippen molar-refractivity contribution in [2.75, 3.05) is 0 Å². The lowest BCUT2D eigenvalue weighted by molar-refractivity contribution is 0.192. The monoisotopic (exact) mass is 260 g/mol. The molecule has 1 heterocycles. The molecule has 1 aromatic heterocycles. The predicted molar refractivity (Wildman–Crippen MR) is 60.4 cm³/mol. The molecule has 1 rings (SSSR count). The van der Waals surface area contributed by atoms with Crippen molar-refractivity contribution in [1.29, 1.82) is 0 Å². The van der Waals surface area contributed by atoms with E-state index in [1.165, 1.54) is 0 Å². The molecular formula is C10H17BrN2O. The van der Waals surface area contributed by atoms with E-state index in [-0.39, 0.29) is 6.10 Å². The van der Waals surface area contributed by atoms with Gasteiger partial charge >= 0.3 is 0 Å². The van der Waals surface area contributed by atoms with E-state index < -0.39 is 0 Å². The van der Waals surface area contributed by atoms with Crippen molar-refractivity contribution in [3.05, 3.63) is 15.9 Å². The molecule has 0 aliphatic carbocycles. The van der Waals surface area contributed by atoms with Gasteiger partial charge in [0.2, 0.25) is 0 Å². The Morgan fingerprint density at radius 3 is 2.57 bits per heavy atom. The first-order chi connectivity index (χ1) is 6.60. The van der Waals surface area contributed by atoms with E-state index in [1.54, 1.807) is 6.92 Å². The minimum Gasteiger partial charge on any atom is -0.393 e. The van der Waals surface area contributed by atoms with Crippen LogP contribution in [0.4, 0.5) is 0 Å². The fraction of sp³-hybridized carbons (Fsp3) is 0.700. The zero-order valence-corrected chi connectivity index (χ0v) is 10.5. The number of hydrogen-bond acceptors (Lipinski definition) is 2. The van der Waals surface area contributed by atoms with Gasteiger partial charge in [-0.1, -0.05) is 6.92 Å². The van der Waals surface area contributed by atoms with Gasteiger partial charge < -0.3 is 5.11 Å². The molecule has 0 spiro atoms. The Bertz CT molecular complexity index is 307. The molecular weight excluding hydrogens is 244 g/mol. The van der Waals surface area contributed by atoms with Crippen LogP contribution in [-0.2, 0) is 19.4 Å². The van der Waals surface area contributed by atoms with Crippen molar-refractivity contribution in [2.45, 2.75) is 46.3 Å². The lowest BCUT2D eigenvalue weighted by Gasteiger charge is -2.06. The van der Waals surface area contributed by atoms with E-state index >= 15 is 0 Å². The Hall–Kier alpha value is -0.350. The highest BCUT2D eigenvalue weighted by Crippen LogP contribution is 2.23. The summed E-state index contributed by atoms with van der Waals surface area (Å²) in [6, 6.07) is 0. The second-order valence-corrected chi connectivity index (χ2v) is 4.22. The number of hydrogen-bond donors (Lipinski definition) is 1. The third-order valence-electron chi connectivity index (χ3n) is 2.18. The quantitative estimate of drug-likeness (QED) is 0.901. The number of aliphatic hydroxyl groups is 1. The molecule has 80 valence electrons. The van der Waals surface area contributed by atoms with E-state index in [2.05, 4.69) is 34.9 Å². The van der Waals surface area contributed by atoms with Crippen molar-refractivity contribution >= 4 is 15.9 Å². The summed E-state index contributed by atoms with van der Waals surface area (Å²) in [7, 11) is 0. The molecule has 0 bridgehead atoms. The Morgan fingerprint density at radius 1 is 1.50 bits per heavy atom. The Balaban J connectivity index is 3.04. The highest BCUT2D eigenvalue weighted by Gasteiger charge is 2.14. The summed E-state index contributed by atoms with van der Waals surface area (Å²) in [5.74, 6) is 0. The van der Waals surface area contributed by atoms with Gasteiger partial charge in [-0.2, -0.15) is 5.10 Å². The second kappa shape index (κ2) is 4.94. The van der Waals surface area contributed by atoms with Crippen LogP contribution in [0.1, 0.15) is 32.2 Å². The molecule has 1 unspecified atom stereocenters. The summed E-state index contributed by atoms with van der Waals surface area (Å²) >= 11 is 3.54. The number of nitrogens with zero attached hydrogens (tertiary/aromatic N) is 2. The molecule has 0 radical (unpaired) electrons. The maximum Gasteiger partial charge on any atom is 0.0766 e. The molecule has 0 aromatic carbocycles. The van der Waals surface area contributed by atoms with Gasteiger partial charge in [0.25, 0.3) is 0 Å². The lowest BCUT2D eigenvalue weighted by Crippen LogP contribution is -2.10. The molecule has 0 amide bonds. The van der Waals surface area contributed by atoms with Crippen molar-refractivity contribution in [2.24, 2.45) is 0 Å². The Labute approximate surface area is 93.3 Å². The first-order valence-corrected chi connectivity index (χ1v) is 5.81. The number of aromatic nitrogens is 2. The fourth-order valence-electron chi connectivity index (χ4n) is 1.49. The van der Waals surface area contributed by atoms with Gasteiger partial charge in [-0.25, -0.2) is 0 Å². The number of aliphatic hydroxyl groups excluding tert-OH is 1. The fourth-order valence-corrected chi connectivity index (χ4v) is 2.22. The lowest BCUT2D eigenvalue weighted by atomic mass is 10.2. The Morgan fingerprint density at radius 2 is 2.14 bits per heavy atom. The third kappa shape index (κ3) is 2.36. The SMILES string of the molecule is CCc1nn(CC)c(CC(C)O)c1Br. The van der Waals surface area contributed by atoms with Gasteiger partial charge in [-0.15, -0.1) is 0 Å². The number of aryl methyl sites for hydroxylation is 2. The van der Waals surface area contributed by atoms with Crippen LogP contribution in [-0.4, -0.2) is 21.0 Å². The topological polar surface area (TPSA) is 38.0 Å². The second-order valence-electron chi connectivity index (χ2n) is 3.43. The summed E-state index contributed by atoms with van der Waals surface area (Å²) < 4.78 is 3.01. The summed E-state index contributed by atoms with van der Waals surface area (Å²) in [4.78, 5) is 0. The molecule has 1 aromatic rings. The summed E-state index contributed by atoms with van der Waals surface area (Å²) in [5, 5.41) is 13.8. The minimum atomic E-state index is -0.321. The van der Waals surface area contributed by atoms with Crippen LogP contribution >= 0.6 is 15.9 Å². The predicted octanol–water partition coefficient (Wildman–Crippen LogP) is 2.15. The van der Waals surface area contributed by atoms with Crippen LogP contribution in [0, 0.1) is 0 Å². The molecule has 0 fully saturated rings. The largest absolute Gasteiger partial charge is 0.393 e. The highest BCUT2D eigenvalue weighted by molar-refractivity contribution is 9.10. The van der Waals surface area contributed by atoms with E-state index in [1.807, 2.05) is 4.68 Å². The summed E-state index contributed by atoms with van der Waals surface area (Å²) in [6.45, 7) is 6.79. The normalized spacial score (nSPS) is 13.2. The van der Waals surface area contributed by atoms with E-state index in [0.717, 1.165) is 28.8 Å². The van der Waals surface area contributed by atoms with Crippen molar-refractivity contribution in [1.82, 2.24) is 9.78 Å². The van der Waals surface area contributed by atoms with E-state index in [0.29, 0.717) is 6.42 Å². The van der Waals surface area contributed by atoms with Gasteiger partial charge in [0.05, 0.1) is 22.0 Å². The van der Waals surface area contributed by atoms with Gasteiger partial charge in [-0.05, 0) is 36.2 Å². The number of rotatable bonds is 4. The smallest absolute Gasteiger partial charge is 0.0766 e. The number of halogens is 1. The van der Waals surface area contributed by atoms with Crippen LogP contribution in [0.3, 0.4) is 0 Å². The van der Waals surface area contributed by atoms with Crippen molar-refractivity contribution in [3.8, 4) is 0 Å². The highest BCUT2D eigenvalue weighted by atomic mass is 79.9. The zero-order valence-electron chi connectivity index (χ0n) is 8.92. The standard InChI is InChI=1S/C10H17BrN2O/c1-4-8-10(11)9(6-7(3)14)13(5-2)12-8/h7,14H,4-6H2,1-3H3. The third-order valence-corrected chi connectivity index (χ3v) is 3.10. The molecule has 1 atom stereocenters. The average molecular weight is 261 g/mol. The van der Waals surface area contributed by atoms with Gasteiger partial charge in [0, 0.05) is 13.0 Å². The van der Waals surface area contributed by atoms with Crippen molar-refractivity contribution in [3.63, 3.8) is 0 Å². The van der Waals surface area contributed by atoms with Crippen LogP contribution in [0.2, 0.25) is 0 Å². The molecule has 0 aliphatic heterocycles. The molecule has 4 heteroatoms. The molecule has 0 aliphatic rings. The van der Waals surface area contributed by atoms with Gasteiger partial charge in [0.1, 0.15) is 0 Å². The molecule has 14 heavy (non-hydrogen) atoms. The van der Waals surface area contributed by atoms with E-state index in [4.69, 9.17) is 0 Å². The van der Waals surface area contributed by atoms with Gasteiger partial charge in [-0.3, -0.25) is 4.68 Å². The van der Waals surface area contributed by atoms with Gasteiger partial charge in [0.15, 0.2) is 0 Å². The average Bonchev–Trinajstić information content (AvgIpc) is 2.43. The Kier molecular flexibility index (Phi) is 4.13. The molecule has 1 N–H and O–H groups in total. The maximum absolute atomic E-state index is 9.37. The molecule has 0 saturated carbocycles. The van der Waals surface area contributed by atoms with Crippen molar-refractivity contribution < 1.29 is 5.11 Å². The minimum absolute atomic E-state index is 0.321. The maximum atomic E-state index is 9.37. The summed E-state index contributed by atoms with van der Waals surface area (Å²) in [6.07, 6.45) is 1.25. The van der Waals surface area contributed by atoms with E-state index in [9.17, 15) is 5.11 Å². The van der Waals surface area contributed by atoms with Crippen LogP contribution in [0.5, 0.6) is 0 Å². The van der Waals surface area contributed by atoms with Crippen LogP contribution in [0.15, 0.2) is 4.47 Å². The molecule has 3 nitrogen and oxygen atoms in total. The van der Waals surface area contributed by atoms with Crippen LogP contribution in [0.25, 0.3) is 0 Å². The molecule has 0 saturated heterocycles. The first kappa shape index (κ1) is 11.7. The zero-order chi connectivity index (χ0) is 10.7. The van der Waals surface area contributed by atoms with Crippen LogP contribution < -0.4 is 0 Å². The first-order valence-electron chi connectivity index (χ1n) is 5.02.